The van der Waals surface area contributed by atoms with Crippen molar-refractivity contribution in [3.63, 3.8) is 0 Å². The summed E-state index contributed by atoms with van der Waals surface area (Å²) in [4.78, 5) is 19.3. The number of hydrogen-bond acceptors (Lipinski definition) is 6. The molecule has 0 spiro atoms. The van der Waals surface area contributed by atoms with Gasteiger partial charge in [-0.3, -0.25) is 4.68 Å². The van der Waals surface area contributed by atoms with Gasteiger partial charge in [-0.1, -0.05) is 29.3 Å². The summed E-state index contributed by atoms with van der Waals surface area (Å²) in [5.41, 5.74) is 1.73. The van der Waals surface area contributed by atoms with Crippen molar-refractivity contribution in [1.82, 2.24) is 29.5 Å². The fourth-order valence-corrected chi connectivity index (χ4v) is 3.03. The highest BCUT2D eigenvalue weighted by atomic mass is 35.5. The van der Waals surface area contributed by atoms with E-state index >= 15 is 0 Å². The van der Waals surface area contributed by atoms with Crippen LogP contribution in [0.25, 0.3) is 17.0 Å². The SMILES string of the molecule is O=C(O)c1cnn(-c2nc(O)c3c(cnn3CCc3ccc(Cl)c(Cl)c3)n2)c1. The van der Waals surface area contributed by atoms with Crippen molar-refractivity contribution in [2.24, 2.45) is 0 Å². The number of carbonyl (C=O) groups is 1. The summed E-state index contributed by atoms with van der Waals surface area (Å²) in [5.74, 6) is -1.35. The molecule has 142 valence electrons. The molecule has 3 heterocycles. The van der Waals surface area contributed by atoms with Crippen LogP contribution in [0.4, 0.5) is 0 Å². The van der Waals surface area contributed by atoms with Gasteiger partial charge in [-0.05, 0) is 24.1 Å². The first-order chi connectivity index (χ1) is 13.4. The molecule has 0 saturated heterocycles. The van der Waals surface area contributed by atoms with Crippen molar-refractivity contribution in [2.75, 3.05) is 0 Å². The number of carboxylic acids is 1. The molecular weight excluding hydrogens is 407 g/mol. The third-order valence-corrected chi connectivity index (χ3v) is 4.83. The Kier molecular flexibility index (Phi) is 4.62. The predicted octanol–water partition coefficient (Wildman–Crippen LogP) is 2.97. The molecule has 0 radical (unpaired) electrons. The van der Waals surface area contributed by atoms with Crippen LogP contribution in [0.2, 0.25) is 10.0 Å². The molecule has 0 unspecified atom stereocenters. The van der Waals surface area contributed by atoms with Crippen molar-refractivity contribution in [3.8, 4) is 11.8 Å². The maximum absolute atomic E-state index is 11.0. The van der Waals surface area contributed by atoms with Gasteiger partial charge in [0.2, 0.25) is 5.88 Å². The molecule has 0 aliphatic rings. The van der Waals surface area contributed by atoms with Crippen LogP contribution in [-0.4, -0.2) is 45.7 Å². The summed E-state index contributed by atoms with van der Waals surface area (Å²) >= 11 is 12.0. The number of hydrogen-bond donors (Lipinski definition) is 2. The molecule has 3 aromatic heterocycles. The lowest BCUT2D eigenvalue weighted by molar-refractivity contribution is 0.0697. The molecule has 4 rings (SSSR count). The molecule has 0 fully saturated rings. The highest BCUT2D eigenvalue weighted by Gasteiger charge is 2.16. The van der Waals surface area contributed by atoms with Crippen LogP contribution in [0.1, 0.15) is 15.9 Å². The Morgan fingerprint density at radius 2 is 1.93 bits per heavy atom. The smallest absolute Gasteiger partial charge is 0.338 e. The molecular formula is C17H12Cl2N6O3. The van der Waals surface area contributed by atoms with Gasteiger partial charge in [0.05, 0.1) is 28.0 Å². The van der Waals surface area contributed by atoms with E-state index < -0.39 is 5.97 Å². The van der Waals surface area contributed by atoms with Crippen LogP contribution in [0, 0.1) is 0 Å². The third kappa shape index (κ3) is 3.37. The number of aromatic hydroxyl groups is 1. The van der Waals surface area contributed by atoms with Gasteiger partial charge in [-0.25, -0.2) is 14.5 Å². The van der Waals surface area contributed by atoms with Crippen molar-refractivity contribution in [3.05, 3.63) is 58.0 Å². The second-order valence-electron chi connectivity index (χ2n) is 5.93. The lowest BCUT2D eigenvalue weighted by Gasteiger charge is -2.07. The molecule has 0 atom stereocenters. The average Bonchev–Trinajstić information content (AvgIpc) is 3.30. The predicted molar refractivity (Wildman–Crippen MR) is 101 cm³/mol. The largest absolute Gasteiger partial charge is 0.492 e. The number of nitrogens with zero attached hydrogens (tertiary/aromatic N) is 6. The molecule has 9 nitrogen and oxygen atoms in total. The second-order valence-corrected chi connectivity index (χ2v) is 6.74. The topological polar surface area (TPSA) is 119 Å². The van der Waals surface area contributed by atoms with E-state index in [1.54, 1.807) is 16.8 Å². The summed E-state index contributed by atoms with van der Waals surface area (Å²) < 4.78 is 2.76. The summed E-state index contributed by atoms with van der Waals surface area (Å²) in [6, 6.07) is 5.37. The minimum Gasteiger partial charge on any atom is -0.492 e. The zero-order valence-corrected chi connectivity index (χ0v) is 15.6. The number of aromatic nitrogens is 6. The quantitative estimate of drug-likeness (QED) is 0.511. The maximum Gasteiger partial charge on any atom is 0.338 e. The Labute approximate surface area is 167 Å². The minimum absolute atomic E-state index is 0.0134. The molecule has 0 bridgehead atoms. The first kappa shape index (κ1) is 18.2. The van der Waals surface area contributed by atoms with E-state index in [1.807, 2.05) is 6.07 Å². The van der Waals surface area contributed by atoms with E-state index in [2.05, 4.69) is 20.2 Å². The van der Waals surface area contributed by atoms with E-state index in [-0.39, 0.29) is 17.4 Å². The van der Waals surface area contributed by atoms with E-state index in [0.29, 0.717) is 34.0 Å². The molecule has 28 heavy (non-hydrogen) atoms. The van der Waals surface area contributed by atoms with Gasteiger partial charge in [0.15, 0.2) is 0 Å². The number of fused-ring (bicyclic) bond motifs is 1. The van der Waals surface area contributed by atoms with Gasteiger partial charge in [-0.2, -0.15) is 15.2 Å². The zero-order valence-electron chi connectivity index (χ0n) is 14.1. The number of aryl methyl sites for hydroxylation is 2. The van der Waals surface area contributed by atoms with Crippen molar-refractivity contribution in [1.29, 1.82) is 0 Å². The molecule has 0 aliphatic carbocycles. The first-order valence-electron chi connectivity index (χ1n) is 8.07. The van der Waals surface area contributed by atoms with Crippen LogP contribution < -0.4 is 0 Å². The Balaban J connectivity index is 1.62. The Hall–Kier alpha value is -3.17. The van der Waals surface area contributed by atoms with Gasteiger partial charge in [0.1, 0.15) is 11.0 Å². The average molecular weight is 419 g/mol. The lowest BCUT2D eigenvalue weighted by Crippen LogP contribution is -2.06. The number of rotatable bonds is 5. The normalized spacial score (nSPS) is 11.2. The highest BCUT2D eigenvalue weighted by Crippen LogP contribution is 2.25. The standard InChI is InChI=1S/C17H12Cl2N6O3/c18-11-2-1-9(5-12(11)19)3-4-24-14-13(7-21-24)22-17(23-15(14)26)25-8-10(6-20-25)16(27)28/h1-2,5-8H,3-4H2,(H,27,28)(H,22,23,26). The lowest BCUT2D eigenvalue weighted by atomic mass is 10.1. The Bertz CT molecular complexity index is 1200. The first-order valence-corrected chi connectivity index (χ1v) is 8.83. The van der Waals surface area contributed by atoms with Crippen LogP contribution >= 0.6 is 23.2 Å². The number of aromatic carboxylic acids is 1. The summed E-state index contributed by atoms with van der Waals surface area (Å²) in [5, 5.41) is 28.5. The van der Waals surface area contributed by atoms with Gasteiger partial charge < -0.3 is 10.2 Å². The van der Waals surface area contributed by atoms with E-state index in [4.69, 9.17) is 28.3 Å². The van der Waals surface area contributed by atoms with Crippen LogP contribution in [-0.2, 0) is 13.0 Å². The monoisotopic (exact) mass is 418 g/mol. The van der Waals surface area contributed by atoms with Gasteiger partial charge in [-0.15, -0.1) is 0 Å². The van der Waals surface area contributed by atoms with Crippen molar-refractivity contribution >= 4 is 40.2 Å². The Morgan fingerprint density at radius 1 is 1.11 bits per heavy atom. The summed E-state index contributed by atoms with van der Waals surface area (Å²) in [6.07, 6.45) is 4.54. The molecule has 0 amide bonds. The molecule has 0 saturated carbocycles. The maximum atomic E-state index is 11.0. The molecule has 0 aliphatic heterocycles. The van der Waals surface area contributed by atoms with Crippen LogP contribution in [0.15, 0.2) is 36.8 Å². The Morgan fingerprint density at radius 3 is 2.64 bits per heavy atom. The van der Waals surface area contributed by atoms with Crippen molar-refractivity contribution < 1.29 is 15.0 Å². The zero-order chi connectivity index (χ0) is 19.8. The van der Waals surface area contributed by atoms with E-state index in [1.165, 1.54) is 23.3 Å². The fraction of sp³-hybridized carbons (Fsp3) is 0.118. The van der Waals surface area contributed by atoms with Crippen molar-refractivity contribution in [2.45, 2.75) is 13.0 Å². The number of carboxylic acid groups (broad SMARTS) is 1. The third-order valence-electron chi connectivity index (χ3n) is 4.09. The number of halogens is 2. The van der Waals surface area contributed by atoms with Gasteiger partial charge >= 0.3 is 5.97 Å². The molecule has 4 aromatic rings. The van der Waals surface area contributed by atoms with Crippen LogP contribution in [0.3, 0.4) is 0 Å². The summed E-state index contributed by atoms with van der Waals surface area (Å²) in [7, 11) is 0. The summed E-state index contributed by atoms with van der Waals surface area (Å²) in [6.45, 7) is 0.461. The fourth-order valence-electron chi connectivity index (χ4n) is 2.71. The van der Waals surface area contributed by atoms with E-state index in [9.17, 15) is 9.90 Å². The van der Waals surface area contributed by atoms with E-state index in [0.717, 1.165) is 5.56 Å². The molecule has 1 aromatic carbocycles. The molecule has 2 N–H and O–H groups in total. The second kappa shape index (κ2) is 7.10. The van der Waals surface area contributed by atoms with Crippen LogP contribution in [0.5, 0.6) is 5.88 Å². The van der Waals surface area contributed by atoms with Gasteiger partial charge in [0, 0.05) is 12.7 Å². The molecule has 11 heteroatoms. The minimum atomic E-state index is -1.12. The van der Waals surface area contributed by atoms with Gasteiger partial charge in [0.25, 0.3) is 5.95 Å². The highest BCUT2D eigenvalue weighted by molar-refractivity contribution is 6.42. The number of benzene rings is 1.